The van der Waals surface area contributed by atoms with E-state index in [9.17, 15) is 19.5 Å². The van der Waals surface area contributed by atoms with E-state index in [1.165, 1.54) is 19.0 Å². The summed E-state index contributed by atoms with van der Waals surface area (Å²) < 4.78 is 0.924. The van der Waals surface area contributed by atoms with E-state index in [0.717, 1.165) is 10.1 Å². The first kappa shape index (κ1) is 15.7. The van der Waals surface area contributed by atoms with Gasteiger partial charge in [0.05, 0.1) is 11.8 Å². The fraction of sp³-hybridized carbons (Fsp3) is 0.250. The molecular formula is C16H16N4O4. The lowest BCUT2D eigenvalue weighted by Gasteiger charge is -2.20. The molecule has 24 heavy (non-hydrogen) atoms. The van der Waals surface area contributed by atoms with Crippen molar-refractivity contribution < 1.29 is 9.90 Å². The van der Waals surface area contributed by atoms with Gasteiger partial charge in [-0.1, -0.05) is 30.3 Å². The van der Waals surface area contributed by atoms with Crippen molar-refractivity contribution in [2.24, 2.45) is 12.1 Å². The van der Waals surface area contributed by atoms with Gasteiger partial charge in [-0.2, -0.15) is 5.10 Å². The van der Waals surface area contributed by atoms with Crippen molar-refractivity contribution >= 4 is 11.6 Å². The molecule has 0 bridgehead atoms. The number of aromatic amines is 1. The molecule has 0 radical (unpaired) electrons. The number of carbonyl (C=O) groups is 1. The number of hydrogen-bond donors (Lipinski definition) is 2. The molecule has 2 N–H and O–H groups in total. The zero-order chi connectivity index (χ0) is 17.4. The maximum absolute atomic E-state index is 12.1. The molecule has 3 rings (SSSR count). The molecule has 124 valence electrons. The van der Waals surface area contributed by atoms with E-state index in [1.807, 2.05) is 30.3 Å². The van der Waals surface area contributed by atoms with E-state index in [-0.39, 0.29) is 29.6 Å². The van der Waals surface area contributed by atoms with Gasteiger partial charge in [0.2, 0.25) is 11.8 Å². The molecule has 0 spiro atoms. The van der Waals surface area contributed by atoms with Gasteiger partial charge in [-0.25, -0.2) is 9.80 Å². The number of aromatic hydroxyl groups is 1. The normalized spacial score (nSPS) is 17.0. The van der Waals surface area contributed by atoms with Crippen LogP contribution in [0.2, 0.25) is 0 Å². The molecule has 1 aromatic carbocycles. The van der Waals surface area contributed by atoms with Crippen LogP contribution < -0.4 is 11.2 Å². The highest BCUT2D eigenvalue weighted by Gasteiger charge is 2.34. The van der Waals surface area contributed by atoms with Crippen molar-refractivity contribution in [2.45, 2.75) is 19.4 Å². The summed E-state index contributed by atoms with van der Waals surface area (Å²) in [7, 11) is 1.34. The fourth-order valence-corrected chi connectivity index (χ4v) is 2.76. The third-order valence-electron chi connectivity index (χ3n) is 4.00. The monoisotopic (exact) mass is 328 g/mol. The number of nitrogens with zero attached hydrogens (tertiary/aromatic N) is 3. The van der Waals surface area contributed by atoms with Crippen LogP contribution in [0.1, 0.15) is 30.5 Å². The highest BCUT2D eigenvalue weighted by atomic mass is 16.3. The second-order valence-corrected chi connectivity index (χ2v) is 5.56. The largest absolute Gasteiger partial charge is 0.494 e. The summed E-state index contributed by atoms with van der Waals surface area (Å²) >= 11 is 0. The lowest BCUT2D eigenvalue weighted by Crippen LogP contribution is -2.32. The second kappa shape index (κ2) is 5.80. The van der Waals surface area contributed by atoms with Gasteiger partial charge in [0.15, 0.2) is 0 Å². The molecule has 1 amide bonds. The number of aromatic nitrogens is 2. The summed E-state index contributed by atoms with van der Waals surface area (Å²) in [5.74, 6) is -0.751. The molecule has 1 aliphatic rings. The molecule has 8 heteroatoms. The number of amides is 1. The van der Waals surface area contributed by atoms with Gasteiger partial charge in [-0.3, -0.25) is 19.1 Å². The Kier molecular flexibility index (Phi) is 3.80. The van der Waals surface area contributed by atoms with Crippen LogP contribution in [-0.4, -0.2) is 31.3 Å². The number of carbonyl (C=O) groups excluding carboxylic acids is 1. The summed E-state index contributed by atoms with van der Waals surface area (Å²) in [4.78, 5) is 37.7. The van der Waals surface area contributed by atoms with Crippen molar-refractivity contribution in [2.75, 3.05) is 0 Å². The van der Waals surface area contributed by atoms with Gasteiger partial charge < -0.3 is 5.11 Å². The number of benzene rings is 1. The van der Waals surface area contributed by atoms with Crippen LogP contribution in [0.25, 0.3) is 0 Å². The lowest BCUT2D eigenvalue weighted by atomic mass is 9.99. The molecule has 2 heterocycles. The highest BCUT2D eigenvalue weighted by molar-refractivity contribution is 6.04. The smallest absolute Gasteiger partial charge is 0.330 e. The molecule has 0 saturated heterocycles. The molecular weight excluding hydrogens is 312 g/mol. The molecule has 2 aromatic rings. The maximum atomic E-state index is 12.1. The molecule has 8 nitrogen and oxygen atoms in total. The van der Waals surface area contributed by atoms with Crippen molar-refractivity contribution in [3.63, 3.8) is 0 Å². The average Bonchev–Trinajstić information content (AvgIpc) is 2.99. The van der Waals surface area contributed by atoms with Gasteiger partial charge in [-0.15, -0.1) is 0 Å². The minimum absolute atomic E-state index is 0.0956. The van der Waals surface area contributed by atoms with Crippen LogP contribution in [0.4, 0.5) is 0 Å². The van der Waals surface area contributed by atoms with Gasteiger partial charge in [-0.05, 0) is 5.56 Å². The van der Waals surface area contributed by atoms with Gasteiger partial charge in [0, 0.05) is 20.4 Å². The Labute approximate surface area is 136 Å². The average molecular weight is 328 g/mol. The molecule has 1 aliphatic heterocycles. The van der Waals surface area contributed by atoms with Crippen LogP contribution in [0.5, 0.6) is 5.88 Å². The third-order valence-corrected chi connectivity index (χ3v) is 4.00. The van der Waals surface area contributed by atoms with Crippen molar-refractivity contribution in [3.8, 4) is 5.88 Å². The van der Waals surface area contributed by atoms with E-state index in [1.54, 1.807) is 0 Å². The quantitative estimate of drug-likeness (QED) is 0.835. The summed E-state index contributed by atoms with van der Waals surface area (Å²) in [6.07, 6.45) is 0.262. The van der Waals surface area contributed by atoms with Gasteiger partial charge in [0.25, 0.3) is 5.56 Å². The Bertz CT molecular complexity index is 943. The predicted molar refractivity (Wildman–Crippen MR) is 86.8 cm³/mol. The summed E-state index contributed by atoms with van der Waals surface area (Å²) in [5.41, 5.74) is -0.420. The molecule has 0 aliphatic carbocycles. The molecule has 1 aromatic heterocycles. The highest BCUT2D eigenvalue weighted by Crippen LogP contribution is 2.33. The molecule has 0 fully saturated rings. The van der Waals surface area contributed by atoms with Crippen LogP contribution >= 0.6 is 0 Å². The number of H-pyrrole nitrogens is 1. The zero-order valence-corrected chi connectivity index (χ0v) is 13.2. The Morgan fingerprint density at radius 3 is 2.58 bits per heavy atom. The second-order valence-electron chi connectivity index (χ2n) is 5.56. The topological polar surface area (TPSA) is 108 Å². The molecule has 1 unspecified atom stereocenters. The SMILES string of the molecule is CC(=O)N1N=C(c2c(O)n(C)c(=O)[nH]c2=O)CC1c1ccccc1. The third kappa shape index (κ3) is 2.51. The number of rotatable bonds is 2. The predicted octanol–water partition coefficient (Wildman–Crippen LogP) is 0.477. The minimum Gasteiger partial charge on any atom is -0.494 e. The van der Waals surface area contributed by atoms with E-state index in [4.69, 9.17) is 0 Å². The van der Waals surface area contributed by atoms with Crippen molar-refractivity contribution in [3.05, 3.63) is 62.3 Å². The first-order valence-electron chi connectivity index (χ1n) is 7.35. The lowest BCUT2D eigenvalue weighted by molar-refractivity contribution is -0.130. The summed E-state index contributed by atoms with van der Waals surface area (Å²) in [5, 5.41) is 15.7. The van der Waals surface area contributed by atoms with E-state index in [2.05, 4.69) is 10.1 Å². The number of nitrogens with one attached hydrogen (secondary N) is 1. The van der Waals surface area contributed by atoms with E-state index < -0.39 is 17.1 Å². The minimum atomic E-state index is -0.730. The Balaban J connectivity index is 2.10. The standard InChI is InChI=1S/C16H16N4O4/c1-9(21)20-12(10-6-4-3-5-7-10)8-11(18-20)13-14(22)17-16(24)19(2)15(13)23/h3-7,12,23H,8H2,1-2H3,(H,17,22,24). The van der Waals surface area contributed by atoms with E-state index in [0.29, 0.717) is 0 Å². The Morgan fingerprint density at radius 2 is 1.96 bits per heavy atom. The molecule has 0 saturated carbocycles. The molecule has 1 atom stereocenters. The number of hydrogen-bond acceptors (Lipinski definition) is 5. The van der Waals surface area contributed by atoms with E-state index >= 15 is 0 Å². The Morgan fingerprint density at radius 1 is 1.29 bits per heavy atom. The zero-order valence-electron chi connectivity index (χ0n) is 13.2. The number of hydrazone groups is 1. The van der Waals surface area contributed by atoms with Crippen LogP contribution in [-0.2, 0) is 11.8 Å². The Hall–Kier alpha value is -3.16. The van der Waals surface area contributed by atoms with Crippen LogP contribution in [0.15, 0.2) is 45.0 Å². The summed E-state index contributed by atoms with van der Waals surface area (Å²) in [6, 6.07) is 8.93. The van der Waals surface area contributed by atoms with Crippen molar-refractivity contribution in [1.82, 2.24) is 14.6 Å². The first-order chi connectivity index (χ1) is 11.4. The van der Waals surface area contributed by atoms with Crippen molar-refractivity contribution in [1.29, 1.82) is 0 Å². The van der Waals surface area contributed by atoms with Crippen LogP contribution in [0.3, 0.4) is 0 Å². The van der Waals surface area contributed by atoms with Gasteiger partial charge >= 0.3 is 5.69 Å². The van der Waals surface area contributed by atoms with Crippen LogP contribution in [0, 0.1) is 0 Å². The van der Waals surface area contributed by atoms with Gasteiger partial charge in [0.1, 0.15) is 5.56 Å². The fourth-order valence-electron chi connectivity index (χ4n) is 2.76. The summed E-state index contributed by atoms with van der Waals surface area (Å²) in [6.45, 7) is 1.38. The maximum Gasteiger partial charge on any atom is 0.330 e. The first-order valence-corrected chi connectivity index (χ1v) is 7.35.